The molecule has 1 saturated carbocycles. The van der Waals surface area contributed by atoms with Crippen LogP contribution in [0.25, 0.3) is 0 Å². The molecule has 3 amide bonds. The molecule has 0 bridgehead atoms. The van der Waals surface area contributed by atoms with Gasteiger partial charge in [-0.15, -0.1) is 0 Å². The van der Waals surface area contributed by atoms with Gasteiger partial charge in [0.1, 0.15) is 12.3 Å². The largest absolute Gasteiger partial charge is 0.468 e. The third-order valence-corrected chi connectivity index (χ3v) is 5.50. The number of rotatable bonds is 5. The zero-order chi connectivity index (χ0) is 18.5. The van der Waals surface area contributed by atoms with E-state index in [4.69, 9.17) is 4.42 Å². The van der Waals surface area contributed by atoms with Gasteiger partial charge >= 0.3 is 6.03 Å². The molecule has 1 N–H and O–H groups in total. The van der Waals surface area contributed by atoms with Crippen molar-refractivity contribution in [3.63, 3.8) is 0 Å². The Hall–Kier alpha value is -2.02. The van der Waals surface area contributed by atoms with Crippen LogP contribution >= 0.6 is 0 Å². The van der Waals surface area contributed by atoms with Gasteiger partial charge in [0.15, 0.2) is 0 Å². The first-order valence-corrected chi connectivity index (χ1v) is 9.58. The van der Waals surface area contributed by atoms with Gasteiger partial charge < -0.3 is 19.5 Å². The molecule has 0 aromatic carbocycles. The van der Waals surface area contributed by atoms with Gasteiger partial charge in [-0.05, 0) is 39.1 Å². The highest BCUT2D eigenvalue weighted by Gasteiger charge is 2.32. The molecule has 2 fully saturated rings. The number of piperazine rings is 1. The maximum Gasteiger partial charge on any atom is 0.317 e. The van der Waals surface area contributed by atoms with E-state index in [0.29, 0.717) is 25.7 Å². The maximum atomic E-state index is 12.5. The second-order valence-corrected chi connectivity index (χ2v) is 7.48. The number of amides is 3. The van der Waals surface area contributed by atoms with Crippen LogP contribution in [0.4, 0.5) is 4.79 Å². The van der Waals surface area contributed by atoms with E-state index in [0.717, 1.165) is 18.6 Å². The van der Waals surface area contributed by atoms with E-state index < -0.39 is 0 Å². The second kappa shape index (κ2) is 8.58. The highest BCUT2D eigenvalue weighted by Crippen LogP contribution is 2.24. The summed E-state index contributed by atoms with van der Waals surface area (Å²) < 4.78 is 5.47. The van der Waals surface area contributed by atoms with E-state index in [1.807, 2.05) is 36.0 Å². The number of hydrogen-bond donors (Lipinski definition) is 1. The number of likely N-dealkylation sites (N-methyl/N-ethyl adjacent to an activating group) is 1. The van der Waals surface area contributed by atoms with E-state index in [9.17, 15) is 9.59 Å². The fourth-order valence-corrected chi connectivity index (χ4v) is 3.95. The summed E-state index contributed by atoms with van der Waals surface area (Å²) in [5.74, 6) is 0.891. The van der Waals surface area contributed by atoms with Crippen LogP contribution in [0.5, 0.6) is 0 Å². The molecule has 1 aromatic rings. The third-order valence-electron chi connectivity index (χ3n) is 5.50. The zero-order valence-corrected chi connectivity index (χ0v) is 15.8. The number of nitrogens with one attached hydrogen (secondary N) is 1. The second-order valence-electron chi connectivity index (χ2n) is 7.48. The fraction of sp³-hybridized carbons (Fsp3) is 0.684. The van der Waals surface area contributed by atoms with Crippen LogP contribution in [0.3, 0.4) is 0 Å². The highest BCUT2D eigenvalue weighted by atomic mass is 16.3. The van der Waals surface area contributed by atoms with Crippen LogP contribution in [0.1, 0.15) is 43.9 Å². The van der Waals surface area contributed by atoms with Crippen molar-refractivity contribution in [1.82, 2.24) is 20.0 Å². The van der Waals surface area contributed by atoms with Gasteiger partial charge in [0, 0.05) is 25.7 Å². The zero-order valence-electron chi connectivity index (χ0n) is 15.8. The van der Waals surface area contributed by atoms with Gasteiger partial charge in [-0.3, -0.25) is 9.69 Å². The fourth-order valence-electron chi connectivity index (χ4n) is 3.95. The summed E-state index contributed by atoms with van der Waals surface area (Å²) in [4.78, 5) is 30.7. The monoisotopic (exact) mass is 362 g/mol. The first-order chi connectivity index (χ1) is 12.6. The Kier molecular flexibility index (Phi) is 6.19. The molecule has 3 rings (SSSR count). The first-order valence-electron chi connectivity index (χ1n) is 9.58. The van der Waals surface area contributed by atoms with Gasteiger partial charge in [0.25, 0.3) is 0 Å². The molecule has 2 aliphatic rings. The minimum Gasteiger partial charge on any atom is -0.468 e. The lowest BCUT2D eigenvalue weighted by atomic mass is 9.93. The van der Waals surface area contributed by atoms with Crippen LogP contribution in [-0.2, 0) is 4.79 Å². The van der Waals surface area contributed by atoms with Crippen molar-refractivity contribution in [2.24, 2.45) is 0 Å². The Morgan fingerprint density at radius 1 is 1.31 bits per heavy atom. The molecule has 1 aliphatic heterocycles. The van der Waals surface area contributed by atoms with Gasteiger partial charge in [0.05, 0.1) is 12.3 Å². The molecule has 1 aliphatic carbocycles. The van der Waals surface area contributed by atoms with Gasteiger partial charge in [-0.2, -0.15) is 0 Å². The molecule has 7 heteroatoms. The summed E-state index contributed by atoms with van der Waals surface area (Å²) in [5, 5.41) is 2.95. The summed E-state index contributed by atoms with van der Waals surface area (Å²) >= 11 is 0. The summed E-state index contributed by atoms with van der Waals surface area (Å²) in [6, 6.07) is 3.91. The van der Waals surface area contributed by atoms with E-state index in [-0.39, 0.29) is 24.5 Å². The van der Waals surface area contributed by atoms with Crippen molar-refractivity contribution in [2.45, 2.75) is 44.2 Å². The average Bonchev–Trinajstić information content (AvgIpc) is 3.16. The van der Waals surface area contributed by atoms with E-state index in [1.165, 1.54) is 19.3 Å². The predicted molar refractivity (Wildman–Crippen MR) is 98.7 cm³/mol. The molecule has 0 spiro atoms. The molecule has 0 radical (unpaired) electrons. The van der Waals surface area contributed by atoms with Gasteiger partial charge in [-0.25, -0.2) is 4.79 Å². The minimum atomic E-state index is -0.181. The van der Waals surface area contributed by atoms with E-state index in [2.05, 4.69) is 5.32 Å². The molecule has 1 aromatic heterocycles. The number of furan rings is 1. The average molecular weight is 362 g/mol. The van der Waals surface area contributed by atoms with Crippen LogP contribution in [-0.4, -0.2) is 73.0 Å². The molecule has 26 heavy (non-hydrogen) atoms. The van der Waals surface area contributed by atoms with Crippen molar-refractivity contribution in [2.75, 3.05) is 40.3 Å². The summed E-state index contributed by atoms with van der Waals surface area (Å²) in [6.07, 6.45) is 7.53. The number of carbonyl (C=O) groups is 2. The predicted octanol–water partition coefficient (Wildman–Crippen LogP) is 2.07. The Labute approximate surface area is 155 Å². The normalized spacial score (nSPS) is 20.5. The number of hydrogen-bond acceptors (Lipinski definition) is 4. The van der Waals surface area contributed by atoms with Gasteiger partial charge in [-0.1, -0.05) is 19.3 Å². The lowest BCUT2D eigenvalue weighted by molar-refractivity contribution is -0.138. The minimum absolute atomic E-state index is 0.0341. The highest BCUT2D eigenvalue weighted by molar-refractivity contribution is 5.85. The van der Waals surface area contributed by atoms with Crippen molar-refractivity contribution < 1.29 is 14.0 Å². The molecular formula is C19H30N4O3. The molecule has 7 nitrogen and oxygen atoms in total. The molecule has 2 heterocycles. The van der Waals surface area contributed by atoms with Crippen LogP contribution in [0.2, 0.25) is 0 Å². The number of nitrogens with zero attached hydrogens (tertiary/aromatic N) is 3. The first kappa shape index (κ1) is 18.8. The SMILES string of the molecule is CN(C)[C@@H](CNC(=O)N1CCN(C2CCCCC2)C(=O)C1)c1ccco1. The van der Waals surface area contributed by atoms with Crippen molar-refractivity contribution in [3.8, 4) is 0 Å². The molecule has 0 unspecified atom stereocenters. The van der Waals surface area contributed by atoms with E-state index in [1.54, 1.807) is 11.2 Å². The number of carbonyl (C=O) groups excluding carboxylic acids is 2. The number of urea groups is 1. The Bertz CT molecular complexity index is 596. The van der Waals surface area contributed by atoms with Crippen molar-refractivity contribution >= 4 is 11.9 Å². The summed E-state index contributed by atoms with van der Waals surface area (Å²) in [7, 11) is 3.90. The van der Waals surface area contributed by atoms with Crippen LogP contribution in [0.15, 0.2) is 22.8 Å². The van der Waals surface area contributed by atoms with Crippen molar-refractivity contribution in [1.29, 1.82) is 0 Å². The molecule has 144 valence electrons. The van der Waals surface area contributed by atoms with E-state index >= 15 is 0 Å². The smallest absolute Gasteiger partial charge is 0.317 e. The topological polar surface area (TPSA) is 69.0 Å². The Morgan fingerprint density at radius 2 is 2.08 bits per heavy atom. The molecule has 1 saturated heterocycles. The van der Waals surface area contributed by atoms with Gasteiger partial charge in [0.2, 0.25) is 5.91 Å². The lowest BCUT2D eigenvalue weighted by Crippen LogP contribution is -2.57. The quantitative estimate of drug-likeness (QED) is 0.871. The Morgan fingerprint density at radius 3 is 2.69 bits per heavy atom. The summed E-state index contributed by atoms with van der Waals surface area (Å²) in [5.41, 5.74) is 0. The maximum absolute atomic E-state index is 12.5. The Balaban J connectivity index is 1.50. The third kappa shape index (κ3) is 4.38. The van der Waals surface area contributed by atoms with Crippen LogP contribution < -0.4 is 5.32 Å². The standard InChI is InChI=1S/C19H30N4O3/c1-21(2)16(17-9-6-12-26-17)13-20-19(25)22-10-11-23(18(24)14-22)15-7-4-3-5-8-15/h6,9,12,15-16H,3-5,7-8,10-11,13-14H2,1-2H3,(H,20,25)/t16-/m0/s1. The molecular weight excluding hydrogens is 332 g/mol. The summed E-state index contributed by atoms with van der Waals surface area (Å²) in [6.45, 7) is 1.86. The lowest BCUT2D eigenvalue weighted by Gasteiger charge is -2.40. The van der Waals surface area contributed by atoms with Crippen molar-refractivity contribution in [3.05, 3.63) is 24.2 Å². The van der Waals surface area contributed by atoms with Crippen LogP contribution in [0, 0.1) is 0 Å². The molecule has 1 atom stereocenters.